The summed E-state index contributed by atoms with van der Waals surface area (Å²) in [5, 5.41) is 8.26. The van der Waals surface area contributed by atoms with E-state index in [0.717, 1.165) is 16.6 Å². The van der Waals surface area contributed by atoms with Crippen LogP contribution in [0.25, 0.3) is 0 Å². The summed E-state index contributed by atoms with van der Waals surface area (Å²) in [6, 6.07) is 1.92. The zero-order valence-electron chi connectivity index (χ0n) is 7.93. The molecule has 0 saturated carbocycles. The molecule has 0 atom stereocenters. The molecule has 1 aromatic rings. The summed E-state index contributed by atoms with van der Waals surface area (Å²) < 4.78 is 0.809. The minimum Gasteiger partial charge on any atom is -0.154 e. The molecule has 0 aliphatic heterocycles. The molecule has 0 amide bonds. The van der Waals surface area contributed by atoms with Crippen LogP contribution in [0.2, 0.25) is 5.15 Å². The maximum absolute atomic E-state index is 5.73. The van der Waals surface area contributed by atoms with Crippen molar-refractivity contribution < 1.29 is 0 Å². The van der Waals surface area contributed by atoms with E-state index in [4.69, 9.17) is 11.6 Å². The van der Waals surface area contributed by atoms with Crippen LogP contribution in [-0.4, -0.2) is 10.2 Å². The van der Waals surface area contributed by atoms with Gasteiger partial charge < -0.3 is 0 Å². The van der Waals surface area contributed by atoms with Crippen molar-refractivity contribution in [2.45, 2.75) is 27.2 Å². The Balaban J connectivity index is 2.86. The molecule has 0 aliphatic carbocycles. The Morgan fingerprint density at radius 3 is 2.46 bits per heavy atom. The van der Waals surface area contributed by atoms with Gasteiger partial charge in [-0.2, -0.15) is 5.10 Å². The van der Waals surface area contributed by atoms with Crippen molar-refractivity contribution in [3.05, 3.63) is 21.4 Å². The van der Waals surface area contributed by atoms with Gasteiger partial charge in [-0.05, 0) is 33.8 Å². The Labute approximate surface area is 91.8 Å². The van der Waals surface area contributed by atoms with Crippen molar-refractivity contribution >= 4 is 27.5 Å². The second kappa shape index (κ2) is 3.93. The maximum atomic E-state index is 5.73. The number of rotatable bonds is 1. The highest BCUT2D eigenvalue weighted by molar-refractivity contribution is 9.10. The van der Waals surface area contributed by atoms with Gasteiger partial charge in [0.05, 0.1) is 10.2 Å². The fourth-order valence-electron chi connectivity index (χ4n) is 1.02. The van der Waals surface area contributed by atoms with Gasteiger partial charge in [0.1, 0.15) is 0 Å². The van der Waals surface area contributed by atoms with E-state index in [1.165, 1.54) is 0 Å². The van der Waals surface area contributed by atoms with Crippen LogP contribution in [-0.2, 0) is 6.42 Å². The first-order chi connectivity index (χ1) is 5.88. The van der Waals surface area contributed by atoms with Gasteiger partial charge in [-0.1, -0.05) is 32.4 Å². The minimum atomic E-state index is 0.224. The molecule has 0 saturated heterocycles. The van der Waals surface area contributed by atoms with Gasteiger partial charge in [0.25, 0.3) is 0 Å². The van der Waals surface area contributed by atoms with E-state index in [0.29, 0.717) is 5.15 Å². The van der Waals surface area contributed by atoms with E-state index in [1.807, 2.05) is 6.07 Å². The highest BCUT2D eigenvalue weighted by Gasteiger charge is 2.13. The first-order valence-electron chi connectivity index (χ1n) is 4.06. The molecule has 1 heterocycles. The van der Waals surface area contributed by atoms with E-state index in [9.17, 15) is 0 Å². The summed E-state index contributed by atoms with van der Waals surface area (Å²) in [6.45, 7) is 6.49. The van der Waals surface area contributed by atoms with Gasteiger partial charge in [-0.3, -0.25) is 0 Å². The van der Waals surface area contributed by atoms with E-state index < -0.39 is 0 Å². The fourth-order valence-corrected chi connectivity index (χ4v) is 1.46. The van der Waals surface area contributed by atoms with Crippen molar-refractivity contribution in [2.75, 3.05) is 0 Å². The Bertz CT molecular complexity index is 307. The molecule has 0 radical (unpaired) electrons. The first-order valence-corrected chi connectivity index (χ1v) is 5.23. The summed E-state index contributed by atoms with van der Waals surface area (Å²) in [7, 11) is 0. The number of halogens is 2. The lowest BCUT2D eigenvalue weighted by atomic mass is 9.90. The molecule has 0 spiro atoms. The summed E-state index contributed by atoms with van der Waals surface area (Å²) in [6.07, 6.45) is 0.899. The molecule has 2 nitrogen and oxygen atoms in total. The highest BCUT2D eigenvalue weighted by Crippen LogP contribution is 2.23. The average Bonchev–Trinajstić information content (AvgIpc) is 1.94. The third-order valence-electron chi connectivity index (χ3n) is 1.47. The molecule has 4 heteroatoms. The zero-order chi connectivity index (χ0) is 10.1. The van der Waals surface area contributed by atoms with Crippen molar-refractivity contribution in [3.8, 4) is 0 Å². The van der Waals surface area contributed by atoms with E-state index in [-0.39, 0.29) is 5.41 Å². The summed E-state index contributed by atoms with van der Waals surface area (Å²) in [5.74, 6) is 0. The predicted octanol–water partition coefficient (Wildman–Crippen LogP) is 3.48. The zero-order valence-corrected chi connectivity index (χ0v) is 10.3. The first kappa shape index (κ1) is 10.9. The lowest BCUT2D eigenvalue weighted by molar-refractivity contribution is 0.404. The molecular formula is C9H12BrClN2. The highest BCUT2D eigenvalue weighted by atomic mass is 79.9. The van der Waals surface area contributed by atoms with Crippen LogP contribution in [0.15, 0.2) is 10.5 Å². The quantitative estimate of drug-likeness (QED) is 0.775. The van der Waals surface area contributed by atoms with Gasteiger partial charge in [-0.15, -0.1) is 5.10 Å². The van der Waals surface area contributed by atoms with Crippen molar-refractivity contribution in [1.82, 2.24) is 10.2 Å². The van der Waals surface area contributed by atoms with Crippen LogP contribution in [0.4, 0.5) is 0 Å². The molecule has 0 fully saturated rings. The van der Waals surface area contributed by atoms with Crippen LogP contribution >= 0.6 is 27.5 Å². The molecule has 1 rings (SSSR count). The van der Waals surface area contributed by atoms with Gasteiger partial charge in [0, 0.05) is 0 Å². The molecule has 0 unspecified atom stereocenters. The SMILES string of the molecule is CC(C)(C)Cc1cc(Br)c(Cl)nn1. The normalized spacial score (nSPS) is 11.8. The predicted molar refractivity (Wildman–Crippen MR) is 57.9 cm³/mol. The summed E-state index contributed by atoms with van der Waals surface area (Å²) >= 11 is 9.05. The lowest BCUT2D eigenvalue weighted by Gasteiger charge is -2.16. The third-order valence-corrected chi connectivity index (χ3v) is 2.58. The van der Waals surface area contributed by atoms with Crippen LogP contribution in [0.1, 0.15) is 26.5 Å². The third kappa shape index (κ3) is 3.61. The van der Waals surface area contributed by atoms with Crippen LogP contribution in [0.5, 0.6) is 0 Å². The monoisotopic (exact) mass is 262 g/mol. The summed E-state index contributed by atoms with van der Waals surface area (Å²) in [4.78, 5) is 0. The topological polar surface area (TPSA) is 25.8 Å². The number of nitrogens with zero attached hydrogens (tertiary/aromatic N) is 2. The average molecular weight is 264 g/mol. The fraction of sp³-hybridized carbons (Fsp3) is 0.556. The Morgan fingerprint density at radius 2 is 2.00 bits per heavy atom. The lowest BCUT2D eigenvalue weighted by Crippen LogP contribution is -2.11. The van der Waals surface area contributed by atoms with Gasteiger partial charge in [0.2, 0.25) is 0 Å². The van der Waals surface area contributed by atoms with Crippen LogP contribution in [0, 0.1) is 5.41 Å². The van der Waals surface area contributed by atoms with E-state index in [2.05, 4.69) is 46.9 Å². The largest absolute Gasteiger partial charge is 0.165 e. The standard InChI is InChI=1S/C9H12BrClN2/c1-9(2,3)5-6-4-7(10)8(11)13-12-6/h4H,5H2,1-3H3. The molecule has 72 valence electrons. The molecular weight excluding hydrogens is 251 g/mol. The number of hydrogen-bond acceptors (Lipinski definition) is 2. The smallest absolute Gasteiger partial charge is 0.154 e. The molecule has 0 N–H and O–H groups in total. The van der Waals surface area contributed by atoms with Crippen LogP contribution < -0.4 is 0 Å². The second-order valence-corrected chi connectivity index (χ2v) is 5.42. The number of hydrogen-bond donors (Lipinski definition) is 0. The van der Waals surface area contributed by atoms with E-state index in [1.54, 1.807) is 0 Å². The Morgan fingerprint density at radius 1 is 1.38 bits per heavy atom. The van der Waals surface area contributed by atoms with Crippen molar-refractivity contribution in [1.29, 1.82) is 0 Å². The van der Waals surface area contributed by atoms with Crippen molar-refractivity contribution in [3.63, 3.8) is 0 Å². The summed E-state index contributed by atoms with van der Waals surface area (Å²) in [5.41, 5.74) is 1.19. The Hall–Kier alpha value is -0.150. The molecule has 0 bridgehead atoms. The molecule has 0 aliphatic rings. The van der Waals surface area contributed by atoms with E-state index >= 15 is 0 Å². The van der Waals surface area contributed by atoms with Gasteiger partial charge >= 0.3 is 0 Å². The number of aromatic nitrogens is 2. The second-order valence-electron chi connectivity index (χ2n) is 4.21. The molecule has 13 heavy (non-hydrogen) atoms. The Kier molecular flexibility index (Phi) is 3.30. The van der Waals surface area contributed by atoms with Crippen LogP contribution in [0.3, 0.4) is 0 Å². The van der Waals surface area contributed by atoms with Crippen molar-refractivity contribution in [2.24, 2.45) is 5.41 Å². The maximum Gasteiger partial charge on any atom is 0.165 e. The van der Waals surface area contributed by atoms with Gasteiger partial charge in [-0.25, -0.2) is 0 Å². The van der Waals surface area contributed by atoms with Gasteiger partial charge in [0.15, 0.2) is 5.15 Å². The molecule has 0 aromatic carbocycles. The molecule has 1 aromatic heterocycles. The minimum absolute atomic E-state index is 0.224.